The van der Waals surface area contributed by atoms with E-state index in [-0.39, 0.29) is 18.0 Å². The Morgan fingerprint density at radius 2 is 2.08 bits per heavy atom. The molecule has 0 saturated heterocycles. The van der Waals surface area contributed by atoms with Crippen LogP contribution in [0.3, 0.4) is 0 Å². The fraction of sp³-hybridized carbons (Fsp3) is 0.529. The first-order chi connectivity index (χ1) is 11.6. The van der Waals surface area contributed by atoms with E-state index in [4.69, 9.17) is 0 Å². The summed E-state index contributed by atoms with van der Waals surface area (Å²) in [5, 5.41) is 9.07. The highest BCUT2D eigenvalue weighted by Gasteiger charge is 2.22. The molecule has 7 heteroatoms. The number of aliphatic imine (C=N–C) groups is 1. The van der Waals surface area contributed by atoms with E-state index in [1.54, 1.807) is 0 Å². The number of carbonyl (C=O) groups excluding carboxylic acids is 1. The summed E-state index contributed by atoms with van der Waals surface area (Å²) in [7, 11) is 0. The molecular formula is C17H24F2N4O. The smallest absolute Gasteiger partial charge is 0.220 e. The van der Waals surface area contributed by atoms with Crippen LogP contribution in [0.15, 0.2) is 23.2 Å². The van der Waals surface area contributed by atoms with E-state index in [2.05, 4.69) is 20.9 Å². The van der Waals surface area contributed by atoms with Crippen LogP contribution in [0.25, 0.3) is 0 Å². The van der Waals surface area contributed by atoms with Gasteiger partial charge in [0.25, 0.3) is 0 Å². The maximum atomic E-state index is 13.6. The van der Waals surface area contributed by atoms with E-state index in [9.17, 15) is 13.6 Å². The molecule has 1 aromatic rings. The molecule has 1 amide bonds. The molecule has 0 aromatic heterocycles. The zero-order valence-electron chi connectivity index (χ0n) is 13.9. The number of hydrogen-bond acceptors (Lipinski definition) is 2. The number of nitrogens with one attached hydrogen (secondary N) is 3. The average molecular weight is 338 g/mol. The topological polar surface area (TPSA) is 65.5 Å². The predicted octanol–water partition coefficient (Wildman–Crippen LogP) is 2.08. The molecule has 1 fully saturated rings. The van der Waals surface area contributed by atoms with Crippen molar-refractivity contribution in [3.8, 4) is 0 Å². The van der Waals surface area contributed by atoms with E-state index in [0.717, 1.165) is 31.0 Å². The van der Waals surface area contributed by atoms with Gasteiger partial charge >= 0.3 is 0 Å². The van der Waals surface area contributed by atoms with Gasteiger partial charge in [-0.3, -0.25) is 4.79 Å². The fourth-order valence-electron chi connectivity index (χ4n) is 2.15. The molecule has 24 heavy (non-hydrogen) atoms. The SMILES string of the molecule is CCNC(=NCc1cc(F)ccc1F)NCCCC(=O)NC1CC1. The van der Waals surface area contributed by atoms with E-state index in [1.165, 1.54) is 0 Å². The van der Waals surface area contributed by atoms with Gasteiger partial charge in [0.05, 0.1) is 6.54 Å². The molecule has 0 radical (unpaired) electrons. The van der Waals surface area contributed by atoms with Crippen LogP contribution in [0.1, 0.15) is 38.2 Å². The second kappa shape index (κ2) is 9.20. The molecule has 1 aliphatic rings. The lowest BCUT2D eigenvalue weighted by atomic mass is 10.2. The highest BCUT2D eigenvalue weighted by molar-refractivity contribution is 5.80. The molecule has 5 nitrogen and oxygen atoms in total. The lowest BCUT2D eigenvalue weighted by molar-refractivity contribution is -0.121. The van der Waals surface area contributed by atoms with Gasteiger partial charge in [-0.1, -0.05) is 0 Å². The van der Waals surface area contributed by atoms with Gasteiger partial charge in [0, 0.05) is 31.1 Å². The third-order valence-corrected chi connectivity index (χ3v) is 3.58. The number of hydrogen-bond donors (Lipinski definition) is 3. The summed E-state index contributed by atoms with van der Waals surface area (Å²) in [4.78, 5) is 15.8. The van der Waals surface area contributed by atoms with Crippen molar-refractivity contribution >= 4 is 11.9 Å². The predicted molar refractivity (Wildman–Crippen MR) is 89.6 cm³/mol. The minimum Gasteiger partial charge on any atom is -0.357 e. The Bertz CT molecular complexity index is 588. The maximum absolute atomic E-state index is 13.6. The van der Waals surface area contributed by atoms with Crippen LogP contribution in [0.5, 0.6) is 0 Å². The number of carbonyl (C=O) groups is 1. The van der Waals surface area contributed by atoms with Crippen molar-refractivity contribution in [2.24, 2.45) is 4.99 Å². The summed E-state index contributed by atoms with van der Waals surface area (Å²) in [6.45, 7) is 3.19. The van der Waals surface area contributed by atoms with Crippen LogP contribution in [0.2, 0.25) is 0 Å². The van der Waals surface area contributed by atoms with E-state index in [1.807, 2.05) is 6.92 Å². The fourth-order valence-corrected chi connectivity index (χ4v) is 2.15. The monoisotopic (exact) mass is 338 g/mol. The summed E-state index contributed by atoms with van der Waals surface area (Å²) >= 11 is 0. The van der Waals surface area contributed by atoms with Crippen molar-refractivity contribution in [3.63, 3.8) is 0 Å². The molecule has 0 spiro atoms. The molecular weight excluding hydrogens is 314 g/mol. The molecule has 1 aliphatic carbocycles. The van der Waals surface area contributed by atoms with E-state index >= 15 is 0 Å². The first kappa shape index (κ1) is 18.2. The van der Waals surface area contributed by atoms with Crippen LogP contribution in [0, 0.1) is 11.6 Å². The molecule has 1 saturated carbocycles. The Morgan fingerprint density at radius 3 is 2.79 bits per heavy atom. The third kappa shape index (κ3) is 6.52. The van der Waals surface area contributed by atoms with Crippen molar-refractivity contribution < 1.29 is 13.6 Å². The third-order valence-electron chi connectivity index (χ3n) is 3.58. The first-order valence-corrected chi connectivity index (χ1v) is 8.34. The quantitative estimate of drug-likeness (QED) is 0.386. The number of halogens is 2. The first-order valence-electron chi connectivity index (χ1n) is 8.34. The largest absolute Gasteiger partial charge is 0.357 e. The summed E-state index contributed by atoms with van der Waals surface area (Å²) in [5.41, 5.74) is 0.205. The molecule has 1 aromatic carbocycles. The maximum Gasteiger partial charge on any atom is 0.220 e. The van der Waals surface area contributed by atoms with Crippen molar-refractivity contribution in [1.29, 1.82) is 0 Å². The van der Waals surface area contributed by atoms with Crippen LogP contribution >= 0.6 is 0 Å². The zero-order valence-corrected chi connectivity index (χ0v) is 13.9. The molecule has 132 valence electrons. The molecule has 0 atom stereocenters. The summed E-state index contributed by atoms with van der Waals surface area (Å²) in [6.07, 6.45) is 3.30. The van der Waals surface area contributed by atoms with Crippen molar-refractivity contribution in [1.82, 2.24) is 16.0 Å². The minimum atomic E-state index is -0.485. The Labute approximate surface area is 140 Å². The van der Waals surface area contributed by atoms with Gasteiger partial charge in [-0.15, -0.1) is 0 Å². The van der Waals surface area contributed by atoms with Crippen LogP contribution in [-0.2, 0) is 11.3 Å². The molecule has 0 bridgehead atoms. The Morgan fingerprint density at radius 1 is 1.29 bits per heavy atom. The second-order valence-electron chi connectivity index (χ2n) is 5.80. The van der Waals surface area contributed by atoms with E-state index < -0.39 is 11.6 Å². The van der Waals surface area contributed by atoms with Crippen molar-refractivity contribution in [2.75, 3.05) is 13.1 Å². The van der Waals surface area contributed by atoms with Crippen LogP contribution in [0.4, 0.5) is 8.78 Å². The number of amides is 1. The van der Waals surface area contributed by atoms with Crippen LogP contribution in [-0.4, -0.2) is 31.0 Å². The van der Waals surface area contributed by atoms with Gasteiger partial charge in [-0.25, -0.2) is 13.8 Å². The second-order valence-corrected chi connectivity index (χ2v) is 5.80. The Kier molecular flexibility index (Phi) is 6.96. The van der Waals surface area contributed by atoms with Crippen molar-refractivity contribution in [3.05, 3.63) is 35.4 Å². The summed E-state index contributed by atoms with van der Waals surface area (Å²) < 4.78 is 26.7. The Hall–Kier alpha value is -2.18. The van der Waals surface area contributed by atoms with Gasteiger partial charge in [-0.05, 0) is 44.4 Å². The lowest BCUT2D eigenvalue weighted by Gasteiger charge is -2.11. The number of rotatable bonds is 8. The highest BCUT2D eigenvalue weighted by Crippen LogP contribution is 2.18. The minimum absolute atomic E-state index is 0.0428. The molecule has 0 unspecified atom stereocenters. The van der Waals surface area contributed by atoms with Gasteiger partial charge < -0.3 is 16.0 Å². The number of nitrogens with zero attached hydrogens (tertiary/aromatic N) is 1. The molecule has 0 heterocycles. The Balaban J connectivity index is 1.77. The molecule has 3 N–H and O–H groups in total. The summed E-state index contributed by atoms with van der Waals surface area (Å²) in [6, 6.07) is 3.70. The standard InChI is InChI=1S/C17H24F2N4O/c1-2-20-17(21-9-3-4-16(24)23-14-6-7-14)22-11-12-10-13(18)5-8-15(12)19/h5,8,10,14H,2-4,6-7,9,11H2,1H3,(H,23,24)(H2,20,21,22). The normalized spacial score (nSPS) is 14.4. The van der Waals surface area contributed by atoms with Gasteiger partial charge in [0.1, 0.15) is 11.6 Å². The van der Waals surface area contributed by atoms with Crippen LogP contribution < -0.4 is 16.0 Å². The van der Waals surface area contributed by atoms with Gasteiger partial charge in [0.15, 0.2) is 5.96 Å². The van der Waals surface area contributed by atoms with Gasteiger partial charge in [-0.2, -0.15) is 0 Å². The van der Waals surface area contributed by atoms with E-state index in [0.29, 0.717) is 37.9 Å². The molecule has 2 rings (SSSR count). The number of guanidine groups is 1. The average Bonchev–Trinajstić information content (AvgIpc) is 3.36. The molecule has 0 aliphatic heterocycles. The van der Waals surface area contributed by atoms with Crippen molar-refractivity contribution in [2.45, 2.75) is 45.2 Å². The van der Waals surface area contributed by atoms with Gasteiger partial charge in [0.2, 0.25) is 5.91 Å². The number of benzene rings is 1. The lowest BCUT2D eigenvalue weighted by Crippen LogP contribution is -2.38. The zero-order chi connectivity index (χ0) is 17.4. The highest BCUT2D eigenvalue weighted by atomic mass is 19.1. The summed E-state index contributed by atoms with van der Waals surface area (Å²) in [5.74, 6) is -0.374.